The molecule has 1 nitrogen and oxygen atoms in total. The molecular formula is C3H8OSr. The van der Waals surface area contributed by atoms with Crippen LogP contribution in [0.2, 0.25) is 0 Å². The number of ketones is 1. The normalized spacial score (nSPS) is 5.20. The Balaban J connectivity index is -0.0000000150. The fourth-order valence-electron chi connectivity index (χ4n) is 0. The number of carbonyl (C=O) groups is 1. The minimum Gasteiger partial charge on any atom is -1.00 e. The van der Waals surface area contributed by atoms with Crippen molar-refractivity contribution >= 4 is 51.3 Å². The number of hydrogen-bond donors (Lipinski definition) is 0. The molecule has 0 bridgehead atoms. The summed E-state index contributed by atoms with van der Waals surface area (Å²) in [6.45, 7) is 3.06. The summed E-state index contributed by atoms with van der Waals surface area (Å²) in [6.07, 6.45) is 0. The van der Waals surface area contributed by atoms with Gasteiger partial charge in [0.15, 0.2) is 0 Å². The first-order chi connectivity index (χ1) is 1.73. The predicted octanol–water partition coefficient (Wildman–Crippen LogP) is 0.440. The minimum absolute atomic E-state index is 0. The maximum atomic E-state index is 9.44. The third-order valence-corrected chi connectivity index (χ3v) is 0. The summed E-state index contributed by atoms with van der Waals surface area (Å²) in [7, 11) is 0. The van der Waals surface area contributed by atoms with Crippen molar-refractivity contribution in [3.63, 3.8) is 0 Å². The molecule has 0 aromatic rings. The topological polar surface area (TPSA) is 17.1 Å². The van der Waals surface area contributed by atoms with Gasteiger partial charge in [0, 0.05) is 0 Å². The Labute approximate surface area is 72.0 Å². The van der Waals surface area contributed by atoms with Crippen LogP contribution in [0.1, 0.15) is 16.7 Å². The first-order valence-corrected chi connectivity index (χ1v) is 1.20. The molecule has 0 aromatic heterocycles. The number of carbonyl (C=O) groups excluding carboxylic acids is 1. The molecule has 5 heavy (non-hydrogen) atoms. The third kappa shape index (κ3) is 38.6. The molecule has 0 radical (unpaired) electrons. The van der Waals surface area contributed by atoms with Gasteiger partial charge < -0.3 is 7.65 Å². The van der Waals surface area contributed by atoms with Gasteiger partial charge >= 0.3 is 45.5 Å². The van der Waals surface area contributed by atoms with E-state index < -0.39 is 0 Å². The van der Waals surface area contributed by atoms with Gasteiger partial charge in [-0.3, -0.25) is 0 Å². The Hall–Kier alpha value is 1.15. The smallest absolute Gasteiger partial charge is 1.00 e. The van der Waals surface area contributed by atoms with Crippen molar-refractivity contribution in [3.05, 3.63) is 0 Å². The summed E-state index contributed by atoms with van der Waals surface area (Å²) >= 11 is 0. The zero-order chi connectivity index (χ0) is 3.58. The molecular weight excluding hydrogens is 140 g/mol. The van der Waals surface area contributed by atoms with Gasteiger partial charge in [-0.2, -0.15) is 0 Å². The van der Waals surface area contributed by atoms with Crippen molar-refractivity contribution in [2.75, 3.05) is 0 Å². The molecule has 0 rings (SSSR count). The molecule has 0 aliphatic rings. The molecule has 0 amide bonds. The van der Waals surface area contributed by atoms with Gasteiger partial charge in [-0.05, 0) is 13.8 Å². The van der Waals surface area contributed by atoms with Crippen LogP contribution in [0.3, 0.4) is 0 Å². The van der Waals surface area contributed by atoms with Gasteiger partial charge in [0.1, 0.15) is 5.78 Å². The van der Waals surface area contributed by atoms with E-state index in [1.807, 2.05) is 0 Å². The summed E-state index contributed by atoms with van der Waals surface area (Å²) in [5.74, 6) is 0.167. The Morgan fingerprint density at radius 2 is 1.60 bits per heavy atom. The maximum Gasteiger partial charge on any atom is 2.00 e. The average Bonchev–Trinajstić information content (AvgIpc) is 0.811. The Bertz CT molecular complexity index is 35.9. The molecule has 0 atom stereocenters. The number of rotatable bonds is 0. The van der Waals surface area contributed by atoms with E-state index in [0.717, 1.165) is 0 Å². The van der Waals surface area contributed by atoms with Crippen molar-refractivity contribution in [3.8, 4) is 0 Å². The molecule has 28 valence electrons. The molecule has 0 unspecified atom stereocenters. The third-order valence-electron chi connectivity index (χ3n) is 0. The SMILES string of the molecule is CC(C)=O.[H-].[H-].[Sr+2]. The van der Waals surface area contributed by atoms with Crippen LogP contribution in [0.4, 0.5) is 0 Å². The predicted molar refractivity (Wildman–Crippen MR) is 24.3 cm³/mol. The molecule has 0 spiro atoms. The van der Waals surface area contributed by atoms with Gasteiger partial charge in [0.05, 0.1) is 0 Å². The van der Waals surface area contributed by atoms with E-state index in [1.165, 1.54) is 13.8 Å². The van der Waals surface area contributed by atoms with Gasteiger partial charge in [-0.15, -0.1) is 0 Å². The van der Waals surface area contributed by atoms with Gasteiger partial charge in [-0.1, -0.05) is 0 Å². The van der Waals surface area contributed by atoms with Crippen molar-refractivity contribution < 1.29 is 7.65 Å². The van der Waals surface area contributed by atoms with E-state index in [9.17, 15) is 4.79 Å². The summed E-state index contributed by atoms with van der Waals surface area (Å²) in [5.41, 5.74) is 0. The van der Waals surface area contributed by atoms with Crippen molar-refractivity contribution in [2.45, 2.75) is 13.8 Å². The molecule has 0 aromatic carbocycles. The van der Waals surface area contributed by atoms with Gasteiger partial charge in [0.2, 0.25) is 0 Å². The summed E-state index contributed by atoms with van der Waals surface area (Å²) in [6, 6.07) is 0. The van der Waals surface area contributed by atoms with Crippen molar-refractivity contribution in [2.24, 2.45) is 0 Å². The Kier molecular flexibility index (Phi) is 9.76. The first kappa shape index (κ1) is 9.47. The fourth-order valence-corrected chi connectivity index (χ4v) is 0. The average molecular weight is 148 g/mol. The van der Waals surface area contributed by atoms with Crippen LogP contribution in [0.15, 0.2) is 0 Å². The molecule has 0 heterocycles. The zero-order valence-corrected chi connectivity index (χ0v) is 7.09. The van der Waals surface area contributed by atoms with Gasteiger partial charge in [-0.25, -0.2) is 0 Å². The van der Waals surface area contributed by atoms with Crippen LogP contribution in [0.25, 0.3) is 0 Å². The van der Waals surface area contributed by atoms with E-state index >= 15 is 0 Å². The quantitative estimate of drug-likeness (QED) is 0.455. The Morgan fingerprint density at radius 3 is 1.60 bits per heavy atom. The minimum atomic E-state index is 0. The second-order valence-corrected chi connectivity index (χ2v) is 0.908. The summed E-state index contributed by atoms with van der Waals surface area (Å²) in [5, 5.41) is 0. The standard InChI is InChI=1S/C3H6O.Sr.2H/c1-3(2)4;;;/h1-2H3;;;/q;+2;2*-1. The monoisotopic (exact) mass is 148 g/mol. The molecule has 0 N–H and O–H groups in total. The largest absolute Gasteiger partial charge is 2.00 e. The van der Waals surface area contributed by atoms with E-state index in [1.54, 1.807) is 0 Å². The van der Waals surface area contributed by atoms with Crippen molar-refractivity contribution in [1.82, 2.24) is 0 Å². The molecule has 0 saturated carbocycles. The molecule has 0 aliphatic carbocycles. The van der Waals surface area contributed by atoms with Crippen LogP contribution in [0, 0.1) is 0 Å². The number of Topliss-reactive ketones (excluding diaryl/α,β-unsaturated/α-hetero) is 1. The molecule has 0 saturated heterocycles. The van der Waals surface area contributed by atoms with E-state index in [4.69, 9.17) is 0 Å². The van der Waals surface area contributed by atoms with Crippen molar-refractivity contribution in [1.29, 1.82) is 0 Å². The van der Waals surface area contributed by atoms with Crippen LogP contribution in [-0.4, -0.2) is 51.3 Å². The second-order valence-electron chi connectivity index (χ2n) is 0.908. The Morgan fingerprint density at radius 1 is 1.60 bits per heavy atom. The molecule has 2 heteroatoms. The maximum absolute atomic E-state index is 9.44. The first-order valence-electron chi connectivity index (χ1n) is 1.20. The van der Waals surface area contributed by atoms with Gasteiger partial charge in [0.25, 0.3) is 0 Å². The van der Waals surface area contributed by atoms with E-state index in [2.05, 4.69) is 0 Å². The molecule has 0 aliphatic heterocycles. The fraction of sp³-hybridized carbons (Fsp3) is 0.667. The van der Waals surface area contributed by atoms with Crippen LogP contribution < -0.4 is 0 Å². The molecule has 0 fully saturated rings. The summed E-state index contributed by atoms with van der Waals surface area (Å²) < 4.78 is 0. The zero-order valence-electron chi connectivity index (χ0n) is 5.62. The summed E-state index contributed by atoms with van der Waals surface area (Å²) in [4.78, 5) is 9.44. The van der Waals surface area contributed by atoms with E-state index in [0.29, 0.717) is 0 Å². The van der Waals surface area contributed by atoms with E-state index in [-0.39, 0.29) is 54.1 Å². The van der Waals surface area contributed by atoms with Crippen LogP contribution >= 0.6 is 0 Å². The number of hydrogen-bond acceptors (Lipinski definition) is 1. The second kappa shape index (κ2) is 5.15. The van der Waals surface area contributed by atoms with Crippen LogP contribution in [0.5, 0.6) is 0 Å². The van der Waals surface area contributed by atoms with Crippen LogP contribution in [-0.2, 0) is 4.79 Å².